The fourth-order valence-electron chi connectivity index (χ4n) is 3.19. The zero-order valence-corrected chi connectivity index (χ0v) is 16.9. The molecule has 0 saturated carbocycles. The first kappa shape index (κ1) is 20.1. The molecule has 0 amide bonds. The highest BCUT2D eigenvalue weighted by molar-refractivity contribution is 5.64. The van der Waals surface area contributed by atoms with Gasteiger partial charge in [0.15, 0.2) is 5.75 Å². The summed E-state index contributed by atoms with van der Waals surface area (Å²) in [6, 6.07) is 7.48. The van der Waals surface area contributed by atoms with Gasteiger partial charge in [-0.25, -0.2) is 19.9 Å². The quantitative estimate of drug-likeness (QED) is 0.579. The molecule has 0 aromatic carbocycles. The molecule has 1 aliphatic rings. The minimum absolute atomic E-state index is 0.124. The van der Waals surface area contributed by atoms with E-state index < -0.39 is 0 Å². The lowest BCUT2D eigenvalue weighted by molar-refractivity contribution is 0.162. The van der Waals surface area contributed by atoms with Crippen molar-refractivity contribution in [1.82, 2.24) is 19.9 Å². The van der Waals surface area contributed by atoms with Crippen LogP contribution in [0.1, 0.15) is 24.0 Å². The molecule has 4 heterocycles. The third-order valence-corrected chi connectivity index (χ3v) is 4.72. The van der Waals surface area contributed by atoms with Gasteiger partial charge in [0.05, 0.1) is 12.0 Å². The van der Waals surface area contributed by atoms with E-state index >= 15 is 0 Å². The van der Waals surface area contributed by atoms with Crippen LogP contribution in [0, 0.1) is 11.3 Å². The normalized spacial score (nSPS) is 13.0. The Hall–Kier alpha value is -4.19. The summed E-state index contributed by atoms with van der Waals surface area (Å²) in [5.41, 5.74) is 2.63. The summed E-state index contributed by atoms with van der Waals surface area (Å²) in [5, 5.41) is 12.7. The predicted octanol–water partition coefficient (Wildman–Crippen LogP) is 3.31. The number of nitrogens with zero attached hydrogens (tertiary/aromatic N) is 5. The molecule has 3 aromatic heterocycles. The molecule has 0 spiro atoms. The Morgan fingerprint density at radius 2 is 2.13 bits per heavy atom. The van der Waals surface area contributed by atoms with Crippen molar-refractivity contribution < 1.29 is 14.2 Å². The van der Waals surface area contributed by atoms with E-state index in [1.165, 1.54) is 12.6 Å². The minimum Gasteiger partial charge on any atom is -0.484 e. The lowest BCUT2D eigenvalue weighted by Gasteiger charge is -2.22. The van der Waals surface area contributed by atoms with E-state index in [-0.39, 0.29) is 11.8 Å². The number of pyridine rings is 2. The molecule has 0 aliphatic carbocycles. The van der Waals surface area contributed by atoms with Crippen molar-refractivity contribution >= 4 is 5.82 Å². The smallest absolute Gasteiger partial charge is 0.257 e. The van der Waals surface area contributed by atoms with Gasteiger partial charge in [-0.15, -0.1) is 0 Å². The van der Waals surface area contributed by atoms with E-state index in [1.807, 2.05) is 6.07 Å². The standard InChI is InChI=1S/C22H20N6O3/c1-3-29-21-15(10-23)8-16(12-26-21)18-9-19(28-13-27-18)25-11-14(2)17-4-5-24-22-20(17)30-6-7-31-22/h3-5,8-9,12-14H,1,6-7,11H2,2H3,(H,25,27,28)/t14-/m1/s1. The Balaban J connectivity index is 1.50. The van der Waals surface area contributed by atoms with E-state index in [1.54, 1.807) is 24.5 Å². The molecule has 156 valence electrons. The van der Waals surface area contributed by atoms with Crippen molar-refractivity contribution in [3.05, 3.63) is 60.9 Å². The van der Waals surface area contributed by atoms with Gasteiger partial charge in [0, 0.05) is 42.0 Å². The van der Waals surface area contributed by atoms with Gasteiger partial charge in [0.25, 0.3) is 5.88 Å². The van der Waals surface area contributed by atoms with Crippen LogP contribution >= 0.6 is 0 Å². The molecule has 1 aliphatic heterocycles. The summed E-state index contributed by atoms with van der Waals surface area (Å²) in [4.78, 5) is 17.0. The summed E-state index contributed by atoms with van der Waals surface area (Å²) in [5.74, 6) is 2.21. The Bertz CT molecular complexity index is 1140. The lowest BCUT2D eigenvalue weighted by atomic mass is 10.0. The third kappa shape index (κ3) is 4.38. The second-order valence-electron chi connectivity index (χ2n) is 6.77. The van der Waals surface area contributed by atoms with Crippen LogP contribution in [0.3, 0.4) is 0 Å². The zero-order valence-electron chi connectivity index (χ0n) is 16.9. The molecular weight excluding hydrogens is 396 g/mol. The Kier molecular flexibility index (Phi) is 5.89. The molecular formula is C22H20N6O3. The molecule has 0 saturated heterocycles. The zero-order chi connectivity index (χ0) is 21.6. The van der Waals surface area contributed by atoms with Crippen molar-refractivity contribution in [1.29, 1.82) is 5.26 Å². The van der Waals surface area contributed by atoms with Crippen LogP contribution in [-0.4, -0.2) is 39.7 Å². The first-order valence-electron chi connectivity index (χ1n) is 9.68. The largest absolute Gasteiger partial charge is 0.484 e. The number of rotatable bonds is 7. The van der Waals surface area contributed by atoms with Gasteiger partial charge < -0.3 is 19.5 Å². The Morgan fingerprint density at radius 1 is 1.26 bits per heavy atom. The van der Waals surface area contributed by atoms with E-state index in [0.717, 1.165) is 5.56 Å². The van der Waals surface area contributed by atoms with Crippen LogP contribution in [0.5, 0.6) is 17.5 Å². The van der Waals surface area contributed by atoms with Gasteiger partial charge >= 0.3 is 0 Å². The molecule has 0 unspecified atom stereocenters. The first-order chi connectivity index (χ1) is 15.2. The summed E-state index contributed by atoms with van der Waals surface area (Å²) in [6.07, 6.45) is 6.01. The number of hydrogen-bond donors (Lipinski definition) is 1. The van der Waals surface area contributed by atoms with Crippen LogP contribution in [0.2, 0.25) is 0 Å². The van der Waals surface area contributed by atoms with Crippen LogP contribution in [-0.2, 0) is 0 Å². The first-order valence-corrected chi connectivity index (χ1v) is 9.68. The molecule has 0 radical (unpaired) electrons. The molecule has 0 fully saturated rings. The van der Waals surface area contributed by atoms with Gasteiger partial charge in [0.2, 0.25) is 5.88 Å². The molecule has 1 atom stereocenters. The highest BCUT2D eigenvalue weighted by Gasteiger charge is 2.21. The van der Waals surface area contributed by atoms with Crippen LogP contribution < -0.4 is 19.5 Å². The van der Waals surface area contributed by atoms with Crippen LogP contribution in [0.4, 0.5) is 5.82 Å². The molecule has 0 bridgehead atoms. The summed E-state index contributed by atoms with van der Waals surface area (Å²) in [6.45, 7) is 7.20. The molecule has 4 rings (SSSR count). The van der Waals surface area contributed by atoms with Crippen LogP contribution in [0.25, 0.3) is 11.3 Å². The van der Waals surface area contributed by atoms with E-state index in [9.17, 15) is 5.26 Å². The second-order valence-corrected chi connectivity index (χ2v) is 6.77. The Labute approximate surface area is 179 Å². The van der Waals surface area contributed by atoms with Crippen molar-refractivity contribution in [3.63, 3.8) is 0 Å². The van der Waals surface area contributed by atoms with Gasteiger partial charge in [-0.05, 0) is 12.1 Å². The van der Waals surface area contributed by atoms with Gasteiger partial charge in [-0.2, -0.15) is 5.26 Å². The number of fused-ring (bicyclic) bond motifs is 1. The number of hydrogen-bond acceptors (Lipinski definition) is 9. The maximum absolute atomic E-state index is 9.34. The number of anilines is 1. The van der Waals surface area contributed by atoms with Gasteiger partial charge in [0.1, 0.15) is 37.0 Å². The highest BCUT2D eigenvalue weighted by Crippen LogP contribution is 2.35. The van der Waals surface area contributed by atoms with Crippen molar-refractivity contribution in [2.75, 3.05) is 25.1 Å². The van der Waals surface area contributed by atoms with Gasteiger partial charge in [-0.1, -0.05) is 13.5 Å². The topological polar surface area (TPSA) is 115 Å². The number of aromatic nitrogens is 4. The highest BCUT2D eigenvalue weighted by atomic mass is 16.6. The molecule has 31 heavy (non-hydrogen) atoms. The number of nitriles is 1. The fourth-order valence-corrected chi connectivity index (χ4v) is 3.19. The minimum atomic E-state index is 0.124. The predicted molar refractivity (Wildman–Crippen MR) is 113 cm³/mol. The maximum Gasteiger partial charge on any atom is 0.257 e. The fraction of sp³-hybridized carbons (Fsp3) is 0.227. The third-order valence-electron chi connectivity index (χ3n) is 4.72. The van der Waals surface area contributed by atoms with E-state index in [4.69, 9.17) is 14.2 Å². The van der Waals surface area contributed by atoms with E-state index in [2.05, 4.69) is 44.8 Å². The van der Waals surface area contributed by atoms with Crippen molar-refractivity contribution in [3.8, 4) is 34.8 Å². The summed E-state index contributed by atoms with van der Waals surface area (Å²) < 4.78 is 16.5. The molecule has 1 N–H and O–H groups in total. The second kappa shape index (κ2) is 9.09. The average Bonchev–Trinajstić information content (AvgIpc) is 2.82. The van der Waals surface area contributed by atoms with E-state index in [0.29, 0.717) is 54.0 Å². The average molecular weight is 416 g/mol. The summed E-state index contributed by atoms with van der Waals surface area (Å²) >= 11 is 0. The maximum atomic E-state index is 9.34. The number of ether oxygens (including phenoxy) is 3. The van der Waals surface area contributed by atoms with Gasteiger partial charge in [-0.3, -0.25) is 0 Å². The number of nitrogens with one attached hydrogen (secondary N) is 1. The van der Waals surface area contributed by atoms with Crippen molar-refractivity contribution in [2.24, 2.45) is 0 Å². The molecule has 9 nitrogen and oxygen atoms in total. The molecule has 9 heteroatoms. The van der Waals surface area contributed by atoms with Crippen molar-refractivity contribution in [2.45, 2.75) is 12.8 Å². The molecule has 3 aromatic rings. The Morgan fingerprint density at radius 3 is 2.97 bits per heavy atom. The SMILES string of the molecule is C=COc1ncc(-c2cc(NC[C@@H](C)c3ccnc4c3OCCO4)ncn2)cc1C#N. The summed E-state index contributed by atoms with van der Waals surface area (Å²) in [7, 11) is 0. The lowest BCUT2D eigenvalue weighted by Crippen LogP contribution is -2.19. The monoisotopic (exact) mass is 416 g/mol. The van der Waals surface area contributed by atoms with Crippen LogP contribution in [0.15, 0.2) is 49.8 Å².